The van der Waals surface area contributed by atoms with Gasteiger partial charge in [-0.2, -0.15) is 13.2 Å². The Morgan fingerprint density at radius 2 is 1.71 bits per heavy atom. The third-order valence-corrected chi connectivity index (χ3v) is 3.57. The van der Waals surface area contributed by atoms with Crippen molar-refractivity contribution in [2.24, 2.45) is 0 Å². The molecule has 0 saturated heterocycles. The van der Waals surface area contributed by atoms with Crippen LogP contribution in [0.5, 0.6) is 0 Å². The Bertz CT molecular complexity index is 430. The van der Waals surface area contributed by atoms with E-state index in [1.807, 2.05) is 0 Å². The van der Waals surface area contributed by atoms with Crippen molar-refractivity contribution < 1.29 is 13.2 Å². The van der Waals surface area contributed by atoms with Gasteiger partial charge in [-0.1, -0.05) is 12.1 Å². The Morgan fingerprint density at radius 1 is 1.18 bits per heavy atom. The minimum absolute atomic E-state index is 0.317. The number of hydrogen-bond acceptors (Lipinski definition) is 2. The molecule has 1 aliphatic heterocycles. The van der Waals surface area contributed by atoms with Crippen LogP contribution in [0, 0.1) is 0 Å². The zero-order chi connectivity index (χ0) is 12.8. The number of halogens is 3. The van der Waals surface area contributed by atoms with Crippen LogP contribution in [0.4, 0.5) is 24.5 Å². The molecule has 1 aromatic rings. The fourth-order valence-corrected chi connectivity index (χ4v) is 2.45. The molecular weight excluding hydrogens is 229 g/mol. The standard InChI is InChI=1S/C12H15F3N2/c1-4-17-10-8-6-5-7-9(10)16(3)11(17,2)12(13,14)15/h5-8H,4H2,1-3H3. The molecule has 2 nitrogen and oxygen atoms in total. The maximum absolute atomic E-state index is 13.3. The van der Waals surface area contributed by atoms with Gasteiger partial charge in [0, 0.05) is 13.6 Å². The Balaban J connectivity index is 2.60. The van der Waals surface area contributed by atoms with E-state index in [1.54, 1.807) is 31.2 Å². The van der Waals surface area contributed by atoms with Gasteiger partial charge in [-0.05, 0) is 26.0 Å². The molecule has 1 aromatic carbocycles. The van der Waals surface area contributed by atoms with Gasteiger partial charge >= 0.3 is 6.18 Å². The Kier molecular flexibility index (Phi) is 2.52. The minimum Gasteiger partial charge on any atom is -0.343 e. The highest BCUT2D eigenvalue weighted by molar-refractivity contribution is 5.79. The molecule has 0 bridgehead atoms. The van der Waals surface area contributed by atoms with Crippen LogP contribution in [0.2, 0.25) is 0 Å². The van der Waals surface area contributed by atoms with E-state index in [4.69, 9.17) is 0 Å². The van der Waals surface area contributed by atoms with Crippen LogP contribution in [0.15, 0.2) is 24.3 Å². The highest BCUT2D eigenvalue weighted by Gasteiger charge is 2.61. The smallest absolute Gasteiger partial charge is 0.343 e. The van der Waals surface area contributed by atoms with Crippen molar-refractivity contribution in [3.05, 3.63) is 24.3 Å². The number of para-hydroxylation sites is 2. The molecule has 0 saturated carbocycles. The lowest BCUT2D eigenvalue weighted by molar-refractivity contribution is -0.179. The fraction of sp³-hybridized carbons (Fsp3) is 0.500. The van der Waals surface area contributed by atoms with E-state index in [-0.39, 0.29) is 0 Å². The first kappa shape index (κ1) is 12.1. The SMILES string of the molecule is CCN1c2ccccc2N(C)C1(C)C(F)(F)F. The number of nitrogens with zero attached hydrogens (tertiary/aromatic N) is 2. The van der Waals surface area contributed by atoms with E-state index >= 15 is 0 Å². The van der Waals surface area contributed by atoms with Gasteiger partial charge in [0.1, 0.15) is 0 Å². The van der Waals surface area contributed by atoms with Gasteiger partial charge < -0.3 is 9.80 Å². The first-order chi connectivity index (χ1) is 7.84. The highest BCUT2D eigenvalue weighted by atomic mass is 19.4. The summed E-state index contributed by atoms with van der Waals surface area (Å²) in [5, 5.41) is 0. The predicted molar refractivity (Wildman–Crippen MR) is 62.3 cm³/mol. The van der Waals surface area contributed by atoms with Crippen LogP contribution in [0.1, 0.15) is 13.8 Å². The van der Waals surface area contributed by atoms with E-state index in [0.29, 0.717) is 17.9 Å². The summed E-state index contributed by atoms with van der Waals surface area (Å²) < 4.78 is 39.9. The molecule has 1 unspecified atom stereocenters. The molecule has 0 radical (unpaired) electrons. The normalized spacial score (nSPS) is 24.1. The van der Waals surface area contributed by atoms with Crippen LogP contribution in [0.25, 0.3) is 0 Å². The molecule has 94 valence electrons. The fourth-order valence-electron chi connectivity index (χ4n) is 2.45. The van der Waals surface area contributed by atoms with Crippen LogP contribution in [0.3, 0.4) is 0 Å². The van der Waals surface area contributed by atoms with Crippen molar-refractivity contribution >= 4 is 11.4 Å². The molecule has 17 heavy (non-hydrogen) atoms. The Morgan fingerprint density at radius 3 is 2.18 bits per heavy atom. The van der Waals surface area contributed by atoms with Gasteiger partial charge in [0.05, 0.1) is 11.4 Å². The average Bonchev–Trinajstić information content (AvgIpc) is 2.49. The molecule has 0 N–H and O–H groups in total. The second-order valence-corrected chi connectivity index (χ2v) is 4.31. The molecule has 0 amide bonds. The minimum atomic E-state index is -4.31. The number of anilines is 2. The van der Waals surface area contributed by atoms with Gasteiger partial charge in [0.25, 0.3) is 0 Å². The summed E-state index contributed by atoms with van der Waals surface area (Å²) in [6.07, 6.45) is -4.31. The van der Waals surface area contributed by atoms with Crippen LogP contribution in [-0.4, -0.2) is 25.4 Å². The van der Waals surface area contributed by atoms with Crippen molar-refractivity contribution in [2.75, 3.05) is 23.4 Å². The van der Waals surface area contributed by atoms with Crippen LogP contribution < -0.4 is 9.80 Å². The van der Waals surface area contributed by atoms with E-state index in [9.17, 15) is 13.2 Å². The number of fused-ring (bicyclic) bond motifs is 1. The maximum atomic E-state index is 13.3. The molecule has 2 rings (SSSR count). The number of rotatable bonds is 1. The zero-order valence-electron chi connectivity index (χ0n) is 10.0. The summed E-state index contributed by atoms with van der Waals surface area (Å²) in [7, 11) is 1.49. The summed E-state index contributed by atoms with van der Waals surface area (Å²) in [5.74, 6) is 0. The summed E-state index contributed by atoms with van der Waals surface area (Å²) >= 11 is 0. The molecule has 1 heterocycles. The molecule has 0 spiro atoms. The van der Waals surface area contributed by atoms with E-state index < -0.39 is 11.8 Å². The van der Waals surface area contributed by atoms with Gasteiger partial charge in [-0.25, -0.2) is 0 Å². The Labute approximate surface area is 98.6 Å². The van der Waals surface area contributed by atoms with Crippen LogP contribution >= 0.6 is 0 Å². The number of benzene rings is 1. The molecular formula is C12H15F3N2. The Hall–Kier alpha value is -1.39. The topological polar surface area (TPSA) is 6.48 Å². The molecule has 1 atom stereocenters. The van der Waals surface area contributed by atoms with Gasteiger partial charge in [-0.3, -0.25) is 0 Å². The first-order valence-electron chi connectivity index (χ1n) is 5.51. The summed E-state index contributed by atoms with van der Waals surface area (Å²) in [5.41, 5.74) is -0.711. The van der Waals surface area contributed by atoms with E-state index in [0.717, 1.165) is 0 Å². The predicted octanol–water partition coefficient (Wildman–Crippen LogP) is 3.24. The van der Waals surface area contributed by atoms with E-state index in [1.165, 1.54) is 23.8 Å². The monoisotopic (exact) mass is 244 g/mol. The van der Waals surface area contributed by atoms with Crippen molar-refractivity contribution in [1.29, 1.82) is 0 Å². The quantitative estimate of drug-likeness (QED) is 0.748. The summed E-state index contributed by atoms with van der Waals surface area (Å²) in [6, 6.07) is 6.96. The van der Waals surface area contributed by atoms with Crippen LogP contribution in [-0.2, 0) is 0 Å². The zero-order valence-corrected chi connectivity index (χ0v) is 10.0. The molecule has 0 fully saturated rings. The number of hydrogen-bond donors (Lipinski definition) is 0. The second kappa shape index (κ2) is 3.55. The number of alkyl halides is 3. The van der Waals surface area contributed by atoms with Crippen molar-refractivity contribution in [2.45, 2.75) is 25.7 Å². The van der Waals surface area contributed by atoms with Crippen molar-refractivity contribution in [1.82, 2.24) is 0 Å². The third kappa shape index (κ3) is 1.41. The molecule has 0 aromatic heterocycles. The second-order valence-electron chi connectivity index (χ2n) is 4.31. The van der Waals surface area contributed by atoms with Crippen molar-refractivity contribution in [3.8, 4) is 0 Å². The lowest BCUT2D eigenvalue weighted by atomic mass is 10.1. The van der Waals surface area contributed by atoms with Crippen molar-refractivity contribution in [3.63, 3.8) is 0 Å². The molecule has 1 aliphatic rings. The summed E-state index contributed by atoms with van der Waals surface area (Å²) in [4.78, 5) is 2.69. The molecule has 5 heteroatoms. The van der Waals surface area contributed by atoms with Gasteiger partial charge in [0.15, 0.2) is 0 Å². The van der Waals surface area contributed by atoms with E-state index in [2.05, 4.69) is 0 Å². The average molecular weight is 244 g/mol. The lowest BCUT2D eigenvalue weighted by Crippen LogP contribution is -2.63. The third-order valence-electron chi connectivity index (χ3n) is 3.57. The van der Waals surface area contributed by atoms with Gasteiger partial charge in [0.2, 0.25) is 5.66 Å². The molecule has 0 aliphatic carbocycles. The first-order valence-corrected chi connectivity index (χ1v) is 5.51. The largest absolute Gasteiger partial charge is 0.430 e. The summed E-state index contributed by atoms with van der Waals surface area (Å²) in [6.45, 7) is 3.27. The highest BCUT2D eigenvalue weighted by Crippen LogP contribution is 2.50. The van der Waals surface area contributed by atoms with Gasteiger partial charge in [-0.15, -0.1) is 0 Å². The maximum Gasteiger partial charge on any atom is 0.430 e. The lowest BCUT2D eigenvalue weighted by Gasteiger charge is -2.42.